The number of aliphatic carboxylic acids is 1. The van der Waals surface area contributed by atoms with E-state index in [0.717, 1.165) is 19.4 Å². The van der Waals surface area contributed by atoms with Crippen LogP contribution in [0.5, 0.6) is 0 Å². The average Bonchev–Trinajstić information content (AvgIpc) is 1.98. The highest BCUT2D eigenvalue weighted by Crippen LogP contribution is 1.95. The van der Waals surface area contributed by atoms with Crippen LogP contribution in [0.4, 0.5) is 0 Å². The van der Waals surface area contributed by atoms with Crippen molar-refractivity contribution in [3.63, 3.8) is 0 Å². The highest BCUT2D eigenvalue weighted by molar-refractivity contribution is 5.66. The summed E-state index contributed by atoms with van der Waals surface area (Å²) in [5.41, 5.74) is 0. The molecule has 3 heteroatoms. The van der Waals surface area contributed by atoms with Gasteiger partial charge < -0.3 is 10.4 Å². The number of rotatable bonds is 7. The van der Waals surface area contributed by atoms with Crippen molar-refractivity contribution < 1.29 is 9.90 Å². The Labute approximate surface area is 74.2 Å². The zero-order valence-electron chi connectivity index (χ0n) is 7.97. The lowest BCUT2D eigenvalue weighted by molar-refractivity contribution is -0.137. The van der Waals surface area contributed by atoms with E-state index >= 15 is 0 Å². The van der Waals surface area contributed by atoms with E-state index < -0.39 is 5.97 Å². The molecule has 0 saturated carbocycles. The monoisotopic (exact) mass is 173 g/mol. The minimum Gasteiger partial charge on any atom is -0.481 e. The van der Waals surface area contributed by atoms with Crippen molar-refractivity contribution in [1.82, 2.24) is 5.32 Å². The van der Waals surface area contributed by atoms with E-state index in [2.05, 4.69) is 19.2 Å². The van der Waals surface area contributed by atoms with Crippen molar-refractivity contribution in [1.29, 1.82) is 0 Å². The van der Waals surface area contributed by atoms with Gasteiger partial charge in [-0.3, -0.25) is 4.79 Å². The van der Waals surface area contributed by atoms with Gasteiger partial charge >= 0.3 is 5.97 Å². The van der Waals surface area contributed by atoms with Gasteiger partial charge in [-0.1, -0.05) is 13.3 Å². The molecular formula is C9H19NO2. The first kappa shape index (κ1) is 11.4. The van der Waals surface area contributed by atoms with Crippen molar-refractivity contribution in [3.05, 3.63) is 0 Å². The molecule has 1 unspecified atom stereocenters. The summed E-state index contributed by atoms with van der Waals surface area (Å²) < 4.78 is 0. The molecule has 0 aliphatic heterocycles. The molecule has 0 fully saturated rings. The molecule has 0 aliphatic rings. The minimum absolute atomic E-state index is 0.270. The average molecular weight is 173 g/mol. The summed E-state index contributed by atoms with van der Waals surface area (Å²) in [5.74, 6) is -0.708. The van der Waals surface area contributed by atoms with E-state index in [-0.39, 0.29) is 6.42 Å². The molecule has 0 aromatic heterocycles. The summed E-state index contributed by atoms with van der Waals surface area (Å²) in [7, 11) is 0. The molecule has 0 saturated heterocycles. The van der Waals surface area contributed by atoms with Crippen molar-refractivity contribution in [2.24, 2.45) is 0 Å². The molecule has 0 aromatic carbocycles. The third-order valence-electron chi connectivity index (χ3n) is 1.78. The fourth-order valence-corrected chi connectivity index (χ4v) is 1.12. The Balaban J connectivity index is 3.13. The standard InChI is InChI=1S/C9H19NO2/c1-3-5-8(2)10-7-4-6-9(11)12/h8,10H,3-7H2,1-2H3,(H,11,12). The quantitative estimate of drug-likeness (QED) is 0.575. The van der Waals surface area contributed by atoms with Crippen molar-refractivity contribution in [3.8, 4) is 0 Å². The van der Waals surface area contributed by atoms with Gasteiger partial charge in [0, 0.05) is 12.5 Å². The zero-order valence-corrected chi connectivity index (χ0v) is 7.97. The summed E-state index contributed by atoms with van der Waals surface area (Å²) in [6.07, 6.45) is 3.33. The maximum Gasteiger partial charge on any atom is 0.303 e. The van der Waals surface area contributed by atoms with Crippen LogP contribution in [0.25, 0.3) is 0 Å². The lowest BCUT2D eigenvalue weighted by Crippen LogP contribution is -2.27. The molecule has 0 bridgehead atoms. The molecule has 0 amide bonds. The second-order valence-electron chi connectivity index (χ2n) is 3.14. The van der Waals surface area contributed by atoms with Crippen molar-refractivity contribution in [2.75, 3.05) is 6.54 Å². The van der Waals surface area contributed by atoms with E-state index in [1.807, 2.05) is 0 Å². The molecule has 0 rings (SSSR count). The normalized spacial score (nSPS) is 12.8. The fourth-order valence-electron chi connectivity index (χ4n) is 1.12. The summed E-state index contributed by atoms with van der Waals surface area (Å²) in [4.78, 5) is 10.1. The van der Waals surface area contributed by atoms with Gasteiger partial charge in [-0.2, -0.15) is 0 Å². The number of nitrogens with one attached hydrogen (secondary N) is 1. The molecule has 72 valence electrons. The summed E-state index contributed by atoms with van der Waals surface area (Å²) >= 11 is 0. The molecule has 1 atom stereocenters. The molecule has 0 spiro atoms. The molecule has 0 aliphatic carbocycles. The smallest absolute Gasteiger partial charge is 0.303 e. The van der Waals surface area contributed by atoms with E-state index in [1.165, 1.54) is 6.42 Å². The van der Waals surface area contributed by atoms with Gasteiger partial charge in [0.1, 0.15) is 0 Å². The first-order chi connectivity index (χ1) is 5.66. The number of carboxylic acids is 1. The van der Waals surface area contributed by atoms with Crippen LogP contribution in [0.1, 0.15) is 39.5 Å². The van der Waals surface area contributed by atoms with Crippen molar-refractivity contribution >= 4 is 5.97 Å². The Hall–Kier alpha value is -0.570. The molecule has 0 radical (unpaired) electrons. The van der Waals surface area contributed by atoms with E-state index in [4.69, 9.17) is 5.11 Å². The van der Waals surface area contributed by atoms with Crippen LogP contribution in [0.2, 0.25) is 0 Å². The number of hydrogen-bond acceptors (Lipinski definition) is 2. The van der Waals surface area contributed by atoms with Crippen LogP contribution in [0.3, 0.4) is 0 Å². The van der Waals surface area contributed by atoms with Gasteiger partial charge in [0.2, 0.25) is 0 Å². The molecule has 12 heavy (non-hydrogen) atoms. The SMILES string of the molecule is CCCC(C)NCCCC(=O)O. The van der Waals surface area contributed by atoms with E-state index in [1.54, 1.807) is 0 Å². The van der Waals surface area contributed by atoms with Crippen LogP contribution in [-0.4, -0.2) is 23.7 Å². The molecule has 3 nitrogen and oxygen atoms in total. The van der Waals surface area contributed by atoms with E-state index in [0.29, 0.717) is 6.04 Å². The number of hydrogen-bond donors (Lipinski definition) is 2. The predicted molar refractivity (Wildman–Crippen MR) is 49.2 cm³/mol. The Morgan fingerprint density at radius 1 is 1.58 bits per heavy atom. The summed E-state index contributed by atoms with van der Waals surface area (Å²) in [6.45, 7) is 5.09. The maximum atomic E-state index is 10.1. The highest BCUT2D eigenvalue weighted by Gasteiger charge is 1.99. The maximum absolute atomic E-state index is 10.1. The third kappa shape index (κ3) is 7.54. The van der Waals surface area contributed by atoms with E-state index in [9.17, 15) is 4.79 Å². The lowest BCUT2D eigenvalue weighted by atomic mass is 10.2. The van der Waals surface area contributed by atoms with Gasteiger partial charge in [-0.05, 0) is 26.3 Å². The molecule has 2 N–H and O–H groups in total. The lowest BCUT2D eigenvalue weighted by Gasteiger charge is -2.11. The molecular weight excluding hydrogens is 154 g/mol. The molecule has 0 aromatic rings. The zero-order chi connectivity index (χ0) is 9.40. The second-order valence-corrected chi connectivity index (χ2v) is 3.14. The Morgan fingerprint density at radius 2 is 2.25 bits per heavy atom. The minimum atomic E-state index is -0.708. The van der Waals surface area contributed by atoms with Gasteiger partial charge in [0.05, 0.1) is 0 Å². The predicted octanol–water partition coefficient (Wildman–Crippen LogP) is 1.63. The Morgan fingerprint density at radius 3 is 2.75 bits per heavy atom. The number of carbonyl (C=O) groups is 1. The Bertz CT molecular complexity index is 126. The van der Waals surface area contributed by atoms with Gasteiger partial charge in [0.25, 0.3) is 0 Å². The van der Waals surface area contributed by atoms with Crippen LogP contribution in [-0.2, 0) is 4.79 Å². The third-order valence-corrected chi connectivity index (χ3v) is 1.78. The van der Waals surface area contributed by atoms with Crippen LogP contribution < -0.4 is 5.32 Å². The first-order valence-electron chi connectivity index (χ1n) is 4.62. The summed E-state index contributed by atoms with van der Waals surface area (Å²) in [6, 6.07) is 0.517. The first-order valence-corrected chi connectivity index (χ1v) is 4.62. The van der Waals surface area contributed by atoms with Crippen LogP contribution >= 0.6 is 0 Å². The van der Waals surface area contributed by atoms with Crippen molar-refractivity contribution in [2.45, 2.75) is 45.6 Å². The van der Waals surface area contributed by atoms with Crippen LogP contribution in [0, 0.1) is 0 Å². The van der Waals surface area contributed by atoms with Gasteiger partial charge in [-0.15, -0.1) is 0 Å². The summed E-state index contributed by atoms with van der Waals surface area (Å²) in [5, 5.41) is 11.6. The van der Waals surface area contributed by atoms with Gasteiger partial charge in [-0.25, -0.2) is 0 Å². The second kappa shape index (κ2) is 7.10. The van der Waals surface area contributed by atoms with Crippen LogP contribution in [0.15, 0.2) is 0 Å². The molecule has 0 heterocycles. The number of carboxylic acid groups (broad SMARTS) is 1. The van der Waals surface area contributed by atoms with Gasteiger partial charge in [0.15, 0.2) is 0 Å². The topological polar surface area (TPSA) is 49.3 Å². The Kier molecular flexibility index (Phi) is 6.76. The highest BCUT2D eigenvalue weighted by atomic mass is 16.4. The largest absolute Gasteiger partial charge is 0.481 e. The fraction of sp³-hybridized carbons (Fsp3) is 0.889.